The molecule has 0 spiro atoms. The normalized spacial score (nSPS) is 11.6. The van der Waals surface area contributed by atoms with Crippen LogP contribution < -0.4 is 0 Å². The molecule has 0 atom stereocenters. The molecule has 0 aliphatic carbocycles. The molecule has 21 heavy (non-hydrogen) atoms. The molecule has 0 amide bonds. The topological polar surface area (TPSA) is 76.5 Å². The molecule has 2 aromatic rings. The lowest BCUT2D eigenvalue weighted by atomic mass is 10.2. The zero-order valence-corrected chi connectivity index (χ0v) is 14.3. The zero-order valence-electron chi connectivity index (χ0n) is 11.3. The van der Waals surface area contributed by atoms with Crippen LogP contribution in [0.4, 0.5) is 0 Å². The second kappa shape index (κ2) is 6.82. The molecule has 2 rings (SSSR count). The van der Waals surface area contributed by atoms with Gasteiger partial charge in [-0.1, -0.05) is 17.7 Å². The first-order chi connectivity index (χ1) is 9.90. The molecule has 0 aliphatic rings. The van der Waals surface area contributed by atoms with E-state index in [0.717, 1.165) is 9.13 Å². The van der Waals surface area contributed by atoms with Gasteiger partial charge in [0.15, 0.2) is 0 Å². The molecule has 1 heterocycles. The molecule has 7 heteroatoms. The summed E-state index contributed by atoms with van der Waals surface area (Å²) < 4.78 is 30.0. The Balaban J connectivity index is 2.15. The summed E-state index contributed by atoms with van der Waals surface area (Å²) in [6.45, 7) is 1.51. The monoisotopic (exact) mass is 419 g/mol. The third-order valence-corrected chi connectivity index (χ3v) is 4.63. The van der Waals surface area contributed by atoms with Gasteiger partial charge in [-0.3, -0.25) is 9.17 Å². The van der Waals surface area contributed by atoms with Crippen molar-refractivity contribution >= 4 is 32.7 Å². The summed E-state index contributed by atoms with van der Waals surface area (Å²) in [7, 11) is -3.81. The van der Waals surface area contributed by atoms with Crippen LogP contribution in [-0.4, -0.2) is 18.5 Å². The van der Waals surface area contributed by atoms with Gasteiger partial charge >= 0.3 is 0 Å². The average molecular weight is 419 g/mol. The molecular formula is C14H14INO4S. The number of aromatic nitrogens is 1. The van der Waals surface area contributed by atoms with Crippen molar-refractivity contribution in [2.75, 3.05) is 0 Å². The number of hydrogen-bond donors (Lipinski definition) is 1. The number of hydrogen-bond acceptors (Lipinski definition) is 5. The lowest BCUT2D eigenvalue weighted by molar-refractivity contribution is 0.273. The van der Waals surface area contributed by atoms with E-state index in [1.165, 1.54) is 12.1 Å². The Hall–Kier alpha value is -1.03. The van der Waals surface area contributed by atoms with Crippen molar-refractivity contribution in [3.8, 4) is 0 Å². The van der Waals surface area contributed by atoms with E-state index in [9.17, 15) is 8.42 Å². The molecule has 0 fully saturated rings. The first-order valence-corrected chi connectivity index (χ1v) is 8.62. The number of rotatable bonds is 5. The average Bonchev–Trinajstić information content (AvgIpc) is 2.45. The van der Waals surface area contributed by atoms with Gasteiger partial charge in [0.1, 0.15) is 6.61 Å². The van der Waals surface area contributed by atoms with Crippen LogP contribution in [0.25, 0.3) is 0 Å². The number of aryl methyl sites for hydroxylation is 1. The van der Waals surface area contributed by atoms with Crippen LogP contribution in [0.1, 0.15) is 17.0 Å². The van der Waals surface area contributed by atoms with Crippen molar-refractivity contribution in [2.45, 2.75) is 25.0 Å². The van der Waals surface area contributed by atoms with E-state index >= 15 is 0 Å². The molecule has 0 radical (unpaired) electrons. The number of halogens is 1. The molecule has 1 aromatic carbocycles. The number of nitrogens with zero attached hydrogens (tertiary/aromatic N) is 1. The summed E-state index contributed by atoms with van der Waals surface area (Å²) in [5.74, 6) is 0. The first-order valence-electron chi connectivity index (χ1n) is 6.13. The quantitative estimate of drug-likeness (QED) is 0.595. The Kier molecular flexibility index (Phi) is 5.31. The van der Waals surface area contributed by atoms with Gasteiger partial charge in [-0.05, 0) is 53.8 Å². The molecule has 0 unspecified atom stereocenters. The van der Waals surface area contributed by atoms with E-state index in [0.29, 0.717) is 11.4 Å². The molecule has 1 N–H and O–H groups in total. The summed E-state index contributed by atoms with van der Waals surface area (Å²) in [5, 5.41) is 9.09. The van der Waals surface area contributed by atoms with Gasteiger partial charge in [-0.15, -0.1) is 0 Å². The highest BCUT2D eigenvalue weighted by Gasteiger charge is 2.15. The minimum absolute atomic E-state index is 0.112. The van der Waals surface area contributed by atoms with E-state index in [1.54, 1.807) is 24.3 Å². The standard InChI is InChI=1S/C14H14INO4S/c1-10-2-4-14(5-3-10)21(18,19)20-9-13-7-11(15)6-12(8-17)16-13/h2-7,17H,8-9H2,1H3. The SMILES string of the molecule is Cc1ccc(S(=O)(=O)OCc2cc(I)cc(CO)n2)cc1. The molecule has 0 saturated carbocycles. The van der Waals surface area contributed by atoms with E-state index in [4.69, 9.17) is 9.29 Å². The van der Waals surface area contributed by atoms with Gasteiger partial charge in [-0.2, -0.15) is 8.42 Å². The van der Waals surface area contributed by atoms with Gasteiger partial charge in [0.25, 0.3) is 10.1 Å². The van der Waals surface area contributed by atoms with E-state index < -0.39 is 10.1 Å². The molecule has 5 nitrogen and oxygen atoms in total. The lowest BCUT2D eigenvalue weighted by Gasteiger charge is -2.07. The molecule has 112 valence electrons. The second-order valence-electron chi connectivity index (χ2n) is 4.46. The smallest absolute Gasteiger partial charge is 0.297 e. The molecular weight excluding hydrogens is 405 g/mol. The predicted molar refractivity (Wildman–Crippen MR) is 86.0 cm³/mol. The van der Waals surface area contributed by atoms with Crippen LogP contribution in [0.2, 0.25) is 0 Å². The van der Waals surface area contributed by atoms with Crippen LogP contribution in [0.3, 0.4) is 0 Å². The molecule has 0 aliphatic heterocycles. The second-order valence-corrected chi connectivity index (χ2v) is 7.32. The van der Waals surface area contributed by atoms with E-state index in [-0.39, 0.29) is 18.1 Å². The van der Waals surface area contributed by atoms with Crippen LogP contribution >= 0.6 is 22.6 Å². The van der Waals surface area contributed by atoms with Crippen LogP contribution in [0, 0.1) is 10.5 Å². The minimum atomic E-state index is -3.81. The van der Waals surface area contributed by atoms with Crippen LogP contribution in [0.15, 0.2) is 41.3 Å². The summed E-state index contributed by atoms with van der Waals surface area (Å²) in [5.41, 5.74) is 1.91. The predicted octanol–water partition coefficient (Wildman–Crippen LogP) is 2.39. The Morgan fingerprint density at radius 2 is 1.81 bits per heavy atom. The van der Waals surface area contributed by atoms with Gasteiger partial charge in [0, 0.05) is 3.57 Å². The molecule has 0 saturated heterocycles. The zero-order chi connectivity index (χ0) is 15.5. The lowest BCUT2D eigenvalue weighted by Crippen LogP contribution is -2.08. The molecule has 0 bridgehead atoms. The number of aliphatic hydroxyl groups excluding tert-OH is 1. The fourth-order valence-electron chi connectivity index (χ4n) is 1.67. The van der Waals surface area contributed by atoms with Crippen LogP contribution in [0.5, 0.6) is 0 Å². The maximum Gasteiger partial charge on any atom is 0.297 e. The maximum absolute atomic E-state index is 12.1. The van der Waals surface area contributed by atoms with E-state index in [1.807, 2.05) is 6.92 Å². The van der Waals surface area contributed by atoms with Crippen molar-refractivity contribution < 1.29 is 17.7 Å². The summed E-state index contributed by atoms with van der Waals surface area (Å²) >= 11 is 2.07. The summed E-state index contributed by atoms with van der Waals surface area (Å²) in [4.78, 5) is 4.23. The van der Waals surface area contributed by atoms with Crippen molar-refractivity contribution in [1.29, 1.82) is 0 Å². The van der Waals surface area contributed by atoms with Crippen molar-refractivity contribution in [1.82, 2.24) is 4.98 Å². The van der Waals surface area contributed by atoms with Gasteiger partial charge in [-0.25, -0.2) is 0 Å². The minimum Gasteiger partial charge on any atom is -0.390 e. The van der Waals surface area contributed by atoms with Crippen molar-refractivity contribution in [3.63, 3.8) is 0 Å². The third-order valence-electron chi connectivity index (χ3n) is 2.73. The van der Waals surface area contributed by atoms with Crippen molar-refractivity contribution in [3.05, 3.63) is 56.9 Å². The number of pyridine rings is 1. The Labute approximate surface area is 137 Å². The third kappa shape index (κ3) is 4.47. The van der Waals surface area contributed by atoms with Crippen molar-refractivity contribution in [2.24, 2.45) is 0 Å². The Morgan fingerprint density at radius 3 is 2.43 bits per heavy atom. The van der Waals surface area contributed by atoms with Gasteiger partial charge in [0.2, 0.25) is 0 Å². The Bertz CT molecular complexity index is 729. The fraction of sp³-hybridized carbons (Fsp3) is 0.214. The van der Waals surface area contributed by atoms with Gasteiger partial charge in [0.05, 0.1) is 22.9 Å². The fourth-order valence-corrected chi connectivity index (χ4v) is 3.28. The highest BCUT2D eigenvalue weighted by atomic mass is 127. The van der Waals surface area contributed by atoms with E-state index in [2.05, 4.69) is 27.6 Å². The number of aliphatic hydroxyl groups is 1. The summed E-state index contributed by atoms with van der Waals surface area (Å²) in [6.07, 6.45) is 0. The Morgan fingerprint density at radius 1 is 1.19 bits per heavy atom. The highest BCUT2D eigenvalue weighted by molar-refractivity contribution is 14.1. The first kappa shape index (κ1) is 16.3. The van der Waals surface area contributed by atoms with Gasteiger partial charge < -0.3 is 5.11 Å². The van der Waals surface area contributed by atoms with Crippen LogP contribution in [-0.2, 0) is 27.5 Å². The largest absolute Gasteiger partial charge is 0.390 e. The summed E-state index contributed by atoms with van der Waals surface area (Å²) in [6, 6.07) is 9.87. The number of benzene rings is 1. The molecule has 1 aromatic heterocycles. The maximum atomic E-state index is 12.1. The highest BCUT2D eigenvalue weighted by Crippen LogP contribution is 2.16.